The van der Waals surface area contributed by atoms with Gasteiger partial charge in [0.2, 0.25) is 0 Å². The fourth-order valence-electron chi connectivity index (χ4n) is 1.83. The van der Waals surface area contributed by atoms with Gasteiger partial charge in [-0.2, -0.15) is 0 Å². The SMILES string of the molecule is CCOC(=O)OCc1ccccc1C(=O)N(CC)CC. The molecule has 5 heteroatoms. The quantitative estimate of drug-likeness (QED) is 0.751. The molecule has 1 amide bonds. The second kappa shape index (κ2) is 8.19. The minimum absolute atomic E-state index is 0.0298. The summed E-state index contributed by atoms with van der Waals surface area (Å²) >= 11 is 0. The summed E-state index contributed by atoms with van der Waals surface area (Å²) in [7, 11) is 0. The molecule has 0 saturated carbocycles. The minimum Gasteiger partial charge on any atom is -0.435 e. The maximum Gasteiger partial charge on any atom is 0.508 e. The molecule has 1 rings (SSSR count). The van der Waals surface area contributed by atoms with Crippen LogP contribution in [0.25, 0.3) is 0 Å². The Morgan fingerprint density at radius 2 is 1.70 bits per heavy atom. The highest BCUT2D eigenvalue weighted by molar-refractivity contribution is 5.95. The van der Waals surface area contributed by atoms with Gasteiger partial charge >= 0.3 is 6.16 Å². The Hall–Kier alpha value is -2.04. The van der Waals surface area contributed by atoms with Crippen molar-refractivity contribution in [3.05, 3.63) is 35.4 Å². The number of ether oxygens (including phenoxy) is 2. The Balaban J connectivity index is 2.82. The molecule has 110 valence electrons. The minimum atomic E-state index is -0.724. The normalized spacial score (nSPS) is 9.95. The van der Waals surface area contributed by atoms with Crippen LogP contribution >= 0.6 is 0 Å². The molecule has 0 unspecified atom stereocenters. The third kappa shape index (κ3) is 4.26. The number of rotatable bonds is 6. The molecule has 20 heavy (non-hydrogen) atoms. The molecule has 0 heterocycles. The van der Waals surface area contributed by atoms with Gasteiger partial charge in [-0.1, -0.05) is 18.2 Å². The average Bonchev–Trinajstić information content (AvgIpc) is 2.47. The van der Waals surface area contributed by atoms with E-state index in [2.05, 4.69) is 0 Å². The summed E-state index contributed by atoms with van der Waals surface area (Å²) < 4.78 is 9.67. The third-order valence-corrected chi connectivity index (χ3v) is 2.91. The molecular weight excluding hydrogens is 258 g/mol. The molecule has 0 aliphatic carbocycles. The maximum atomic E-state index is 12.4. The third-order valence-electron chi connectivity index (χ3n) is 2.91. The second-order valence-electron chi connectivity index (χ2n) is 4.11. The summed E-state index contributed by atoms with van der Waals surface area (Å²) in [6.07, 6.45) is -0.724. The standard InChI is InChI=1S/C15H21NO4/c1-4-16(5-2)14(17)13-10-8-7-9-12(13)11-20-15(18)19-6-3/h7-10H,4-6,11H2,1-3H3. The van der Waals surface area contributed by atoms with Crippen molar-refractivity contribution < 1.29 is 19.1 Å². The van der Waals surface area contributed by atoms with E-state index in [-0.39, 0.29) is 19.1 Å². The van der Waals surface area contributed by atoms with Crippen molar-refractivity contribution in [2.24, 2.45) is 0 Å². The smallest absolute Gasteiger partial charge is 0.435 e. The van der Waals surface area contributed by atoms with E-state index in [1.807, 2.05) is 19.9 Å². The first kappa shape index (κ1) is 16.0. The topological polar surface area (TPSA) is 55.8 Å². The Morgan fingerprint density at radius 3 is 2.30 bits per heavy atom. The fourth-order valence-corrected chi connectivity index (χ4v) is 1.83. The molecule has 0 bridgehead atoms. The number of hydrogen-bond donors (Lipinski definition) is 0. The molecule has 0 saturated heterocycles. The first-order valence-electron chi connectivity index (χ1n) is 6.80. The highest BCUT2D eigenvalue weighted by Crippen LogP contribution is 2.13. The largest absolute Gasteiger partial charge is 0.508 e. The van der Waals surface area contributed by atoms with Crippen LogP contribution in [0.3, 0.4) is 0 Å². The van der Waals surface area contributed by atoms with Gasteiger partial charge in [0, 0.05) is 24.2 Å². The molecule has 0 aliphatic heterocycles. The van der Waals surface area contributed by atoms with Crippen molar-refractivity contribution in [2.75, 3.05) is 19.7 Å². The fraction of sp³-hybridized carbons (Fsp3) is 0.467. The van der Waals surface area contributed by atoms with Gasteiger partial charge in [0.1, 0.15) is 6.61 Å². The van der Waals surface area contributed by atoms with Crippen LogP contribution < -0.4 is 0 Å². The summed E-state index contributed by atoms with van der Waals surface area (Å²) in [6, 6.07) is 7.12. The monoisotopic (exact) mass is 279 g/mol. The molecule has 0 atom stereocenters. The van der Waals surface area contributed by atoms with Gasteiger partial charge in [-0.3, -0.25) is 4.79 Å². The number of nitrogens with zero attached hydrogens (tertiary/aromatic N) is 1. The summed E-state index contributed by atoms with van der Waals surface area (Å²) in [5.41, 5.74) is 1.23. The van der Waals surface area contributed by atoms with Crippen LogP contribution in [-0.4, -0.2) is 36.7 Å². The molecule has 0 aromatic heterocycles. The van der Waals surface area contributed by atoms with Crippen LogP contribution in [0.1, 0.15) is 36.7 Å². The van der Waals surface area contributed by atoms with Crippen LogP contribution in [0.5, 0.6) is 0 Å². The van der Waals surface area contributed by atoms with Crippen molar-refractivity contribution >= 4 is 12.1 Å². The van der Waals surface area contributed by atoms with Crippen LogP contribution in [0.2, 0.25) is 0 Å². The van der Waals surface area contributed by atoms with Gasteiger partial charge in [-0.25, -0.2) is 4.79 Å². The molecule has 0 spiro atoms. The van der Waals surface area contributed by atoms with E-state index in [4.69, 9.17) is 9.47 Å². The predicted octanol–water partition coefficient (Wildman–Crippen LogP) is 2.84. The summed E-state index contributed by atoms with van der Waals surface area (Å²) in [5, 5.41) is 0. The van der Waals surface area contributed by atoms with Gasteiger partial charge in [0.25, 0.3) is 5.91 Å². The molecule has 1 aromatic carbocycles. The first-order chi connectivity index (χ1) is 9.63. The van der Waals surface area contributed by atoms with Crippen molar-refractivity contribution in [3.8, 4) is 0 Å². The maximum absolute atomic E-state index is 12.4. The Bertz CT molecular complexity index is 455. The van der Waals surface area contributed by atoms with Gasteiger partial charge in [0.15, 0.2) is 0 Å². The molecule has 5 nitrogen and oxygen atoms in total. The van der Waals surface area contributed by atoms with E-state index >= 15 is 0 Å². The lowest BCUT2D eigenvalue weighted by Gasteiger charge is -2.20. The van der Waals surface area contributed by atoms with Crippen molar-refractivity contribution in [1.29, 1.82) is 0 Å². The number of carbonyl (C=O) groups is 2. The number of amides is 1. The van der Waals surface area contributed by atoms with E-state index in [0.717, 1.165) is 0 Å². The molecule has 1 aromatic rings. The van der Waals surface area contributed by atoms with Crippen molar-refractivity contribution in [1.82, 2.24) is 4.90 Å². The first-order valence-corrected chi connectivity index (χ1v) is 6.80. The second-order valence-corrected chi connectivity index (χ2v) is 4.11. The highest BCUT2D eigenvalue weighted by Gasteiger charge is 2.16. The average molecular weight is 279 g/mol. The predicted molar refractivity (Wildman–Crippen MR) is 75.5 cm³/mol. The zero-order valence-corrected chi connectivity index (χ0v) is 12.2. The van der Waals surface area contributed by atoms with E-state index in [9.17, 15) is 9.59 Å². The Morgan fingerprint density at radius 1 is 1.05 bits per heavy atom. The summed E-state index contributed by atoms with van der Waals surface area (Å²) in [5.74, 6) is -0.0574. The molecule has 0 aliphatic rings. The molecular formula is C15H21NO4. The van der Waals surface area contributed by atoms with E-state index in [1.165, 1.54) is 0 Å². The molecule has 0 N–H and O–H groups in total. The van der Waals surface area contributed by atoms with Crippen LogP contribution in [0.4, 0.5) is 4.79 Å². The number of carbonyl (C=O) groups excluding carboxylic acids is 2. The number of hydrogen-bond acceptors (Lipinski definition) is 4. The van der Waals surface area contributed by atoms with Crippen molar-refractivity contribution in [3.63, 3.8) is 0 Å². The lowest BCUT2D eigenvalue weighted by atomic mass is 10.1. The van der Waals surface area contributed by atoms with Crippen LogP contribution in [-0.2, 0) is 16.1 Å². The molecule has 0 fully saturated rings. The van der Waals surface area contributed by atoms with Gasteiger partial charge in [-0.05, 0) is 26.8 Å². The van der Waals surface area contributed by atoms with E-state index < -0.39 is 6.16 Å². The summed E-state index contributed by atoms with van der Waals surface area (Å²) in [6.45, 7) is 7.14. The van der Waals surface area contributed by atoms with Gasteiger partial charge in [0.05, 0.1) is 6.61 Å². The zero-order chi connectivity index (χ0) is 15.0. The van der Waals surface area contributed by atoms with E-state index in [0.29, 0.717) is 24.2 Å². The lowest BCUT2D eigenvalue weighted by molar-refractivity contribution is 0.0527. The van der Waals surface area contributed by atoms with E-state index in [1.54, 1.807) is 30.0 Å². The zero-order valence-electron chi connectivity index (χ0n) is 12.2. The van der Waals surface area contributed by atoms with Crippen LogP contribution in [0.15, 0.2) is 24.3 Å². The highest BCUT2D eigenvalue weighted by atomic mass is 16.7. The molecule has 0 radical (unpaired) electrons. The summed E-state index contributed by atoms with van der Waals surface area (Å²) in [4.78, 5) is 25.3. The van der Waals surface area contributed by atoms with Crippen molar-refractivity contribution in [2.45, 2.75) is 27.4 Å². The Kier molecular flexibility index (Phi) is 6.56. The van der Waals surface area contributed by atoms with Gasteiger partial charge in [-0.15, -0.1) is 0 Å². The van der Waals surface area contributed by atoms with Crippen LogP contribution in [0, 0.1) is 0 Å². The van der Waals surface area contributed by atoms with Gasteiger partial charge < -0.3 is 14.4 Å². The Labute approximate surface area is 119 Å². The lowest BCUT2D eigenvalue weighted by Crippen LogP contribution is -2.31. The number of benzene rings is 1.